The number of benzene rings is 1. The van der Waals surface area contributed by atoms with Crippen LogP contribution in [0.4, 0.5) is 13.2 Å². The number of aromatic nitrogens is 4. The second-order valence-electron chi connectivity index (χ2n) is 10.4. The van der Waals surface area contributed by atoms with E-state index < -0.39 is 12.2 Å². The third kappa shape index (κ3) is 4.59. The standard InChI is InChI=1S/C27H30F3N5S/c1-5-36-20-9-6-8-17-11-13-19(31-23(17)20)25-33-32-22-14-12-18(16-35(22)25)24(27(28,29)30)34-15-7-10-21(34)26(2,3)4/h6,8-9,11-14,16,21,24H,5,7,10,15H2,1-4H3/t21-,24+/m0/s1. The number of hydrogen-bond acceptors (Lipinski definition) is 5. The molecule has 1 saturated heterocycles. The Balaban J connectivity index is 1.62. The molecule has 3 aromatic heterocycles. The molecule has 0 saturated carbocycles. The Morgan fingerprint density at radius 2 is 1.86 bits per heavy atom. The van der Waals surface area contributed by atoms with E-state index in [0.29, 0.717) is 23.7 Å². The number of rotatable bonds is 5. The van der Waals surface area contributed by atoms with Gasteiger partial charge in [-0.25, -0.2) is 4.98 Å². The summed E-state index contributed by atoms with van der Waals surface area (Å²) in [6.07, 6.45) is -1.36. The third-order valence-electron chi connectivity index (χ3n) is 6.89. The molecule has 0 aliphatic carbocycles. The molecule has 0 unspecified atom stereocenters. The van der Waals surface area contributed by atoms with Crippen molar-refractivity contribution in [1.82, 2.24) is 24.5 Å². The summed E-state index contributed by atoms with van der Waals surface area (Å²) in [5, 5.41) is 9.54. The number of likely N-dealkylation sites (tertiary alicyclic amines) is 1. The summed E-state index contributed by atoms with van der Waals surface area (Å²) in [5.41, 5.74) is 1.85. The second kappa shape index (κ2) is 9.34. The number of fused-ring (bicyclic) bond motifs is 2. The maximum atomic E-state index is 14.6. The zero-order chi connectivity index (χ0) is 25.7. The Hall–Kier alpha value is -2.65. The van der Waals surface area contributed by atoms with Gasteiger partial charge in [0.15, 0.2) is 11.5 Å². The lowest BCUT2D eigenvalue weighted by Gasteiger charge is -2.40. The van der Waals surface area contributed by atoms with Crippen molar-refractivity contribution in [2.45, 2.75) is 63.7 Å². The summed E-state index contributed by atoms with van der Waals surface area (Å²) in [4.78, 5) is 7.55. The normalized spacial score (nSPS) is 18.4. The van der Waals surface area contributed by atoms with E-state index in [2.05, 4.69) is 17.1 Å². The molecular formula is C27H30F3N5S. The monoisotopic (exact) mass is 513 g/mol. The SMILES string of the molecule is CCSc1cccc2ccc(-c3nnc4ccc([C@@H](N5CCC[C@H]5C(C)(C)C)C(F)(F)F)cn34)nc12. The Morgan fingerprint density at radius 1 is 1.06 bits per heavy atom. The summed E-state index contributed by atoms with van der Waals surface area (Å²) in [5.74, 6) is 1.34. The Bertz CT molecular complexity index is 1390. The van der Waals surface area contributed by atoms with E-state index in [1.165, 1.54) is 6.07 Å². The molecule has 5 nitrogen and oxygen atoms in total. The van der Waals surface area contributed by atoms with Gasteiger partial charge in [0.25, 0.3) is 0 Å². The number of thioether (sulfide) groups is 1. The summed E-state index contributed by atoms with van der Waals surface area (Å²) in [6.45, 7) is 8.55. The first kappa shape index (κ1) is 25.0. The quantitative estimate of drug-likeness (QED) is 0.265. The maximum absolute atomic E-state index is 14.6. The van der Waals surface area contributed by atoms with E-state index in [0.717, 1.165) is 34.4 Å². The molecule has 36 heavy (non-hydrogen) atoms. The number of nitrogens with zero attached hydrogens (tertiary/aromatic N) is 5. The van der Waals surface area contributed by atoms with Crippen molar-refractivity contribution in [2.24, 2.45) is 5.41 Å². The van der Waals surface area contributed by atoms with Crippen LogP contribution in [-0.4, -0.2) is 49.0 Å². The zero-order valence-electron chi connectivity index (χ0n) is 20.9. The lowest BCUT2D eigenvalue weighted by molar-refractivity contribution is -0.193. The average Bonchev–Trinajstić information content (AvgIpc) is 3.46. The van der Waals surface area contributed by atoms with Crippen molar-refractivity contribution in [3.05, 3.63) is 54.2 Å². The van der Waals surface area contributed by atoms with Crippen LogP contribution < -0.4 is 0 Å². The molecule has 0 spiro atoms. The molecule has 1 fully saturated rings. The lowest BCUT2D eigenvalue weighted by Crippen LogP contribution is -2.46. The van der Waals surface area contributed by atoms with Gasteiger partial charge in [0, 0.05) is 22.5 Å². The van der Waals surface area contributed by atoms with E-state index in [1.54, 1.807) is 33.3 Å². The van der Waals surface area contributed by atoms with Crippen molar-refractivity contribution in [1.29, 1.82) is 0 Å². The van der Waals surface area contributed by atoms with E-state index >= 15 is 0 Å². The van der Waals surface area contributed by atoms with Crippen LogP contribution in [0.25, 0.3) is 28.1 Å². The number of pyridine rings is 2. The summed E-state index contributed by atoms with van der Waals surface area (Å²) in [7, 11) is 0. The Kier molecular flexibility index (Phi) is 6.49. The summed E-state index contributed by atoms with van der Waals surface area (Å²) >= 11 is 1.70. The molecule has 5 rings (SSSR count). The van der Waals surface area contributed by atoms with E-state index in [1.807, 2.05) is 51.1 Å². The van der Waals surface area contributed by atoms with E-state index in [4.69, 9.17) is 4.98 Å². The Labute approximate surface area is 213 Å². The van der Waals surface area contributed by atoms with Gasteiger partial charge in [-0.15, -0.1) is 22.0 Å². The van der Waals surface area contributed by atoms with Crippen molar-refractivity contribution >= 4 is 28.3 Å². The molecule has 1 aliphatic heterocycles. The zero-order valence-corrected chi connectivity index (χ0v) is 21.7. The van der Waals surface area contributed by atoms with Crippen LogP contribution in [-0.2, 0) is 0 Å². The van der Waals surface area contributed by atoms with Gasteiger partial charge in [-0.1, -0.05) is 52.0 Å². The minimum atomic E-state index is -4.41. The van der Waals surface area contributed by atoms with Gasteiger partial charge in [-0.3, -0.25) is 9.30 Å². The largest absolute Gasteiger partial charge is 0.408 e. The smallest absolute Gasteiger partial charge is 0.285 e. The van der Waals surface area contributed by atoms with Crippen molar-refractivity contribution in [3.63, 3.8) is 0 Å². The lowest BCUT2D eigenvalue weighted by atomic mass is 9.84. The molecular weight excluding hydrogens is 483 g/mol. The Morgan fingerprint density at radius 3 is 2.58 bits per heavy atom. The van der Waals surface area contributed by atoms with Crippen molar-refractivity contribution in [2.75, 3.05) is 12.3 Å². The average molecular weight is 514 g/mol. The van der Waals surface area contributed by atoms with E-state index in [-0.39, 0.29) is 17.0 Å². The predicted octanol–water partition coefficient (Wildman–Crippen LogP) is 7.17. The number of para-hydroxylation sites is 1. The fraction of sp³-hybridized carbons (Fsp3) is 0.444. The maximum Gasteiger partial charge on any atom is 0.408 e. The minimum Gasteiger partial charge on any atom is -0.285 e. The van der Waals surface area contributed by atoms with Gasteiger partial charge >= 0.3 is 6.18 Å². The van der Waals surface area contributed by atoms with Crippen LogP contribution in [0, 0.1) is 5.41 Å². The summed E-state index contributed by atoms with van der Waals surface area (Å²) in [6, 6.07) is 11.2. The van der Waals surface area contributed by atoms with Crippen LogP contribution in [0.5, 0.6) is 0 Å². The predicted molar refractivity (Wildman–Crippen MR) is 138 cm³/mol. The highest BCUT2D eigenvalue weighted by Gasteiger charge is 2.50. The molecule has 1 aliphatic rings. The summed E-state index contributed by atoms with van der Waals surface area (Å²) < 4.78 is 45.3. The van der Waals surface area contributed by atoms with Gasteiger partial charge < -0.3 is 0 Å². The highest BCUT2D eigenvalue weighted by atomic mass is 32.2. The molecule has 0 radical (unpaired) electrons. The number of hydrogen-bond donors (Lipinski definition) is 0. The first-order chi connectivity index (χ1) is 17.1. The van der Waals surface area contributed by atoms with Crippen LogP contribution in [0.15, 0.2) is 53.6 Å². The topological polar surface area (TPSA) is 46.3 Å². The van der Waals surface area contributed by atoms with Crippen LogP contribution in [0.3, 0.4) is 0 Å². The molecule has 4 aromatic rings. The van der Waals surface area contributed by atoms with Crippen molar-refractivity contribution < 1.29 is 13.2 Å². The molecule has 190 valence electrons. The molecule has 9 heteroatoms. The minimum absolute atomic E-state index is 0.156. The molecule has 2 atom stereocenters. The fourth-order valence-electron chi connectivity index (χ4n) is 5.36. The van der Waals surface area contributed by atoms with Crippen LogP contribution >= 0.6 is 11.8 Å². The van der Waals surface area contributed by atoms with Crippen LogP contribution in [0.2, 0.25) is 0 Å². The molecule has 4 heterocycles. The molecule has 0 amide bonds. The van der Waals surface area contributed by atoms with Gasteiger partial charge in [0.2, 0.25) is 0 Å². The number of alkyl halides is 3. The highest BCUT2D eigenvalue weighted by molar-refractivity contribution is 7.99. The van der Waals surface area contributed by atoms with E-state index in [9.17, 15) is 13.2 Å². The highest BCUT2D eigenvalue weighted by Crippen LogP contribution is 2.45. The first-order valence-corrected chi connectivity index (χ1v) is 13.3. The second-order valence-corrected chi connectivity index (χ2v) is 11.7. The first-order valence-electron chi connectivity index (χ1n) is 12.3. The molecule has 0 bridgehead atoms. The van der Waals surface area contributed by atoms with Gasteiger partial charge in [-0.2, -0.15) is 13.2 Å². The molecule has 0 N–H and O–H groups in total. The van der Waals surface area contributed by atoms with Crippen LogP contribution in [0.1, 0.15) is 52.1 Å². The number of halogens is 3. The van der Waals surface area contributed by atoms with Gasteiger partial charge in [0.05, 0.1) is 5.52 Å². The van der Waals surface area contributed by atoms with Crippen molar-refractivity contribution in [3.8, 4) is 11.5 Å². The van der Waals surface area contributed by atoms with Gasteiger partial charge in [0.1, 0.15) is 11.7 Å². The third-order valence-corrected chi connectivity index (χ3v) is 7.82. The molecule has 1 aromatic carbocycles. The van der Waals surface area contributed by atoms with Gasteiger partial charge in [-0.05, 0) is 54.3 Å². The fourth-order valence-corrected chi connectivity index (χ4v) is 6.14.